The van der Waals surface area contributed by atoms with E-state index in [4.69, 9.17) is 22.7 Å². The number of nitrogens with zero attached hydrogens (tertiary/aromatic N) is 1. The SMILES string of the molecule is COCC(C)Nc1cccnc1C(N)=S. The summed E-state index contributed by atoms with van der Waals surface area (Å²) in [5, 5.41) is 3.24. The molecule has 1 heterocycles. The van der Waals surface area contributed by atoms with Gasteiger partial charge < -0.3 is 15.8 Å². The Morgan fingerprint density at radius 3 is 3.07 bits per heavy atom. The summed E-state index contributed by atoms with van der Waals surface area (Å²) in [6.45, 7) is 2.63. The molecule has 0 aliphatic carbocycles. The van der Waals surface area contributed by atoms with Crippen molar-refractivity contribution in [1.82, 2.24) is 4.98 Å². The van der Waals surface area contributed by atoms with Crippen LogP contribution in [0.1, 0.15) is 12.6 Å². The van der Waals surface area contributed by atoms with E-state index >= 15 is 0 Å². The van der Waals surface area contributed by atoms with E-state index in [9.17, 15) is 0 Å². The summed E-state index contributed by atoms with van der Waals surface area (Å²) in [6.07, 6.45) is 1.67. The molecule has 0 radical (unpaired) electrons. The zero-order valence-corrected chi connectivity index (χ0v) is 9.67. The molecule has 4 nitrogen and oxygen atoms in total. The smallest absolute Gasteiger partial charge is 0.124 e. The van der Waals surface area contributed by atoms with E-state index in [1.165, 1.54) is 0 Å². The average Bonchev–Trinajstić information content (AvgIpc) is 2.18. The van der Waals surface area contributed by atoms with E-state index < -0.39 is 0 Å². The van der Waals surface area contributed by atoms with Crippen LogP contribution in [0.25, 0.3) is 0 Å². The summed E-state index contributed by atoms with van der Waals surface area (Å²) in [4.78, 5) is 4.42. The topological polar surface area (TPSA) is 60.2 Å². The fraction of sp³-hybridized carbons (Fsp3) is 0.400. The Balaban J connectivity index is 2.79. The first-order chi connectivity index (χ1) is 7.15. The minimum atomic E-state index is 0.187. The number of anilines is 1. The molecule has 0 bridgehead atoms. The molecule has 15 heavy (non-hydrogen) atoms. The number of pyridine rings is 1. The van der Waals surface area contributed by atoms with Crippen LogP contribution in [-0.2, 0) is 4.74 Å². The van der Waals surface area contributed by atoms with Crippen LogP contribution in [-0.4, -0.2) is 29.7 Å². The summed E-state index contributed by atoms with van der Waals surface area (Å²) in [7, 11) is 1.66. The number of hydrogen-bond acceptors (Lipinski definition) is 4. The van der Waals surface area contributed by atoms with Gasteiger partial charge >= 0.3 is 0 Å². The van der Waals surface area contributed by atoms with Gasteiger partial charge in [0.05, 0.1) is 12.3 Å². The highest BCUT2D eigenvalue weighted by atomic mass is 32.1. The molecule has 1 atom stereocenters. The van der Waals surface area contributed by atoms with Crippen molar-refractivity contribution in [3.63, 3.8) is 0 Å². The quantitative estimate of drug-likeness (QED) is 0.736. The van der Waals surface area contributed by atoms with E-state index in [1.807, 2.05) is 19.1 Å². The molecular formula is C10H15N3OS. The highest BCUT2D eigenvalue weighted by Gasteiger charge is 2.08. The van der Waals surface area contributed by atoms with Crippen LogP contribution >= 0.6 is 12.2 Å². The Labute approximate surface area is 94.8 Å². The average molecular weight is 225 g/mol. The highest BCUT2D eigenvalue weighted by molar-refractivity contribution is 7.80. The molecule has 0 spiro atoms. The lowest BCUT2D eigenvalue weighted by Crippen LogP contribution is -2.23. The predicted molar refractivity (Wildman–Crippen MR) is 65.1 cm³/mol. The van der Waals surface area contributed by atoms with Crippen molar-refractivity contribution < 1.29 is 4.74 Å². The molecule has 0 amide bonds. The number of nitrogens with two attached hydrogens (primary N) is 1. The van der Waals surface area contributed by atoms with Gasteiger partial charge in [-0.2, -0.15) is 0 Å². The monoisotopic (exact) mass is 225 g/mol. The lowest BCUT2D eigenvalue weighted by molar-refractivity contribution is 0.190. The summed E-state index contributed by atoms with van der Waals surface area (Å²) in [6, 6.07) is 3.92. The molecule has 1 unspecified atom stereocenters. The van der Waals surface area contributed by atoms with Crippen LogP contribution in [0.2, 0.25) is 0 Å². The summed E-state index contributed by atoms with van der Waals surface area (Å²) < 4.78 is 5.03. The van der Waals surface area contributed by atoms with Gasteiger partial charge in [0.1, 0.15) is 10.7 Å². The number of nitrogens with one attached hydrogen (secondary N) is 1. The maximum Gasteiger partial charge on any atom is 0.124 e. The lowest BCUT2D eigenvalue weighted by Gasteiger charge is -2.16. The third-order valence-electron chi connectivity index (χ3n) is 1.86. The molecule has 1 aromatic heterocycles. The number of rotatable bonds is 5. The Bertz CT molecular complexity index is 343. The molecule has 0 aliphatic rings. The molecule has 1 aromatic rings. The molecule has 3 N–H and O–H groups in total. The summed E-state index contributed by atoms with van der Waals surface area (Å²) in [5.74, 6) is 0. The minimum absolute atomic E-state index is 0.187. The number of methoxy groups -OCH3 is 1. The first-order valence-corrected chi connectivity index (χ1v) is 5.06. The largest absolute Gasteiger partial charge is 0.388 e. The molecule has 0 saturated heterocycles. The van der Waals surface area contributed by atoms with Crippen LogP contribution in [0.4, 0.5) is 5.69 Å². The van der Waals surface area contributed by atoms with Crippen LogP contribution in [0.3, 0.4) is 0 Å². The number of hydrogen-bond donors (Lipinski definition) is 2. The van der Waals surface area contributed by atoms with Crippen molar-refractivity contribution in [2.75, 3.05) is 19.0 Å². The van der Waals surface area contributed by atoms with Crippen molar-refractivity contribution in [2.45, 2.75) is 13.0 Å². The first kappa shape index (κ1) is 11.9. The van der Waals surface area contributed by atoms with Gasteiger partial charge in [-0.3, -0.25) is 4.98 Å². The van der Waals surface area contributed by atoms with Gasteiger partial charge in [0.25, 0.3) is 0 Å². The normalized spacial score (nSPS) is 12.1. The third kappa shape index (κ3) is 3.45. The summed E-state index contributed by atoms with van der Waals surface area (Å²) >= 11 is 4.91. The maximum atomic E-state index is 5.56. The fourth-order valence-corrected chi connectivity index (χ4v) is 1.44. The third-order valence-corrected chi connectivity index (χ3v) is 2.05. The van der Waals surface area contributed by atoms with E-state index in [-0.39, 0.29) is 6.04 Å². The van der Waals surface area contributed by atoms with E-state index in [0.717, 1.165) is 5.69 Å². The Kier molecular flexibility index (Phi) is 4.45. The van der Waals surface area contributed by atoms with E-state index in [1.54, 1.807) is 13.3 Å². The van der Waals surface area contributed by atoms with Gasteiger partial charge in [-0.05, 0) is 19.1 Å². The zero-order valence-electron chi connectivity index (χ0n) is 8.86. The van der Waals surface area contributed by atoms with Gasteiger partial charge in [0.2, 0.25) is 0 Å². The molecule has 0 saturated carbocycles. The van der Waals surface area contributed by atoms with Gasteiger partial charge in [-0.25, -0.2) is 0 Å². The fourth-order valence-electron chi connectivity index (χ4n) is 1.28. The standard InChI is InChI=1S/C10H15N3OS/c1-7(6-14-2)13-8-4-3-5-12-9(8)10(11)15/h3-5,7,13H,6H2,1-2H3,(H2,11,15). The van der Waals surface area contributed by atoms with E-state index in [0.29, 0.717) is 17.3 Å². The van der Waals surface area contributed by atoms with Crippen LogP contribution in [0.15, 0.2) is 18.3 Å². The Morgan fingerprint density at radius 2 is 2.47 bits per heavy atom. The molecule has 0 fully saturated rings. The number of aromatic nitrogens is 1. The lowest BCUT2D eigenvalue weighted by atomic mass is 10.2. The number of ether oxygens (including phenoxy) is 1. The number of thiocarbonyl (C=S) groups is 1. The Hall–Kier alpha value is -1.20. The van der Waals surface area contributed by atoms with Crippen molar-refractivity contribution in [2.24, 2.45) is 5.73 Å². The van der Waals surface area contributed by atoms with Gasteiger partial charge in [-0.1, -0.05) is 12.2 Å². The minimum Gasteiger partial charge on any atom is -0.388 e. The summed E-state index contributed by atoms with van der Waals surface area (Å²) in [5.41, 5.74) is 7.02. The Morgan fingerprint density at radius 1 is 1.73 bits per heavy atom. The van der Waals surface area contributed by atoms with Crippen molar-refractivity contribution in [1.29, 1.82) is 0 Å². The van der Waals surface area contributed by atoms with Gasteiger partial charge in [-0.15, -0.1) is 0 Å². The molecule has 82 valence electrons. The predicted octanol–water partition coefficient (Wildman–Crippen LogP) is 1.16. The van der Waals surface area contributed by atoms with Crippen LogP contribution in [0.5, 0.6) is 0 Å². The van der Waals surface area contributed by atoms with Crippen LogP contribution in [0, 0.1) is 0 Å². The highest BCUT2D eigenvalue weighted by Crippen LogP contribution is 2.13. The van der Waals surface area contributed by atoms with Crippen LogP contribution < -0.4 is 11.1 Å². The zero-order chi connectivity index (χ0) is 11.3. The first-order valence-electron chi connectivity index (χ1n) is 4.65. The van der Waals surface area contributed by atoms with E-state index in [2.05, 4.69) is 10.3 Å². The second-order valence-electron chi connectivity index (χ2n) is 3.26. The molecule has 0 aromatic carbocycles. The second-order valence-corrected chi connectivity index (χ2v) is 3.70. The van der Waals surface area contributed by atoms with Gasteiger partial charge in [0, 0.05) is 19.3 Å². The molecule has 0 aliphatic heterocycles. The maximum absolute atomic E-state index is 5.56. The van der Waals surface area contributed by atoms with Crippen molar-refractivity contribution in [3.8, 4) is 0 Å². The molecular weight excluding hydrogens is 210 g/mol. The molecule has 5 heteroatoms. The second kappa shape index (κ2) is 5.63. The van der Waals surface area contributed by atoms with Gasteiger partial charge in [0.15, 0.2) is 0 Å². The molecule has 1 rings (SSSR count). The van der Waals surface area contributed by atoms with Crippen molar-refractivity contribution >= 4 is 22.9 Å². The van der Waals surface area contributed by atoms with Crippen molar-refractivity contribution in [3.05, 3.63) is 24.0 Å².